The summed E-state index contributed by atoms with van der Waals surface area (Å²) in [7, 11) is 0. The first-order chi connectivity index (χ1) is 16.0. The number of fused-ring (bicyclic) bond motifs is 1. The maximum absolute atomic E-state index is 12.5. The molecule has 5 aromatic rings. The van der Waals surface area contributed by atoms with Gasteiger partial charge in [-0.25, -0.2) is 4.68 Å². The van der Waals surface area contributed by atoms with E-state index in [0.717, 1.165) is 5.56 Å². The summed E-state index contributed by atoms with van der Waals surface area (Å²) < 4.78 is 1.49. The maximum Gasteiger partial charge on any atom is 0.299 e. The number of hydrogen-bond acceptors (Lipinski definition) is 6. The van der Waals surface area contributed by atoms with E-state index in [1.165, 1.54) is 16.8 Å². The molecule has 162 valence electrons. The fraction of sp³-hybridized carbons (Fsp3) is 0. The van der Waals surface area contributed by atoms with Crippen LogP contribution < -0.4 is 0 Å². The minimum Gasteiger partial charge on any atom is -0.507 e. The van der Waals surface area contributed by atoms with Crippen molar-refractivity contribution in [3.8, 4) is 28.6 Å². The number of aromatic nitrogens is 4. The van der Waals surface area contributed by atoms with Crippen molar-refractivity contribution in [1.29, 1.82) is 0 Å². The number of H-pyrrole nitrogens is 1. The molecule has 0 unspecified atom stereocenters. The molecule has 3 N–H and O–H groups in total. The van der Waals surface area contributed by atoms with Crippen LogP contribution in [-0.2, 0) is 0 Å². The number of carbonyl (C=O) groups is 1. The lowest BCUT2D eigenvalue weighted by Gasteiger charge is -2.04. The monoisotopic (exact) mass is 458 g/mol. The molecule has 0 radical (unpaired) electrons. The molecule has 0 spiro atoms. The van der Waals surface area contributed by atoms with Gasteiger partial charge in [-0.15, -0.1) is 15.3 Å². The van der Waals surface area contributed by atoms with Crippen LogP contribution in [0.25, 0.3) is 27.8 Å². The van der Waals surface area contributed by atoms with Crippen LogP contribution in [0.5, 0.6) is 11.6 Å². The Labute approximate surface area is 191 Å². The first kappa shape index (κ1) is 20.4. The number of azo groups is 1. The third-order valence-electron chi connectivity index (χ3n) is 4.99. The van der Waals surface area contributed by atoms with Gasteiger partial charge in [0.05, 0.1) is 23.0 Å². The van der Waals surface area contributed by atoms with Crippen LogP contribution in [0.3, 0.4) is 0 Å². The Bertz CT molecular complexity index is 1520. The number of benzene rings is 3. The molecule has 10 heteroatoms. The molecule has 33 heavy (non-hydrogen) atoms. The number of phenols is 1. The molecular weight excluding hydrogens is 444 g/mol. The SMILES string of the molecule is O=C(N=Nc1c(O)[nH]c2ccc(Cl)cc12)c1ccc(-n2cc(-c3ccccc3)nn2)cc1O. The highest BCUT2D eigenvalue weighted by Crippen LogP contribution is 2.37. The van der Waals surface area contributed by atoms with E-state index in [-0.39, 0.29) is 22.9 Å². The smallest absolute Gasteiger partial charge is 0.299 e. The zero-order valence-electron chi connectivity index (χ0n) is 16.8. The van der Waals surface area contributed by atoms with Crippen LogP contribution in [0.4, 0.5) is 5.69 Å². The van der Waals surface area contributed by atoms with E-state index in [1.807, 2.05) is 30.3 Å². The number of carbonyl (C=O) groups excluding carboxylic acids is 1. The van der Waals surface area contributed by atoms with Crippen molar-refractivity contribution >= 4 is 34.1 Å². The van der Waals surface area contributed by atoms with Crippen LogP contribution in [0.2, 0.25) is 5.02 Å². The molecule has 0 bridgehead atoms. The first-order valence-electron chi connectivity index (χ1n) is 9.77. The first-order valence-corrected chi connectivity index (χ1v) is 10.1. The van der Waals surface area contributed by atoms with E-state index >= 15 is 0 Å². The van der Waals surface area contributed by atoms with E-state index in [9.17, 15) is 15.0 Å². The Morgan fingerprint density at radius 1 is 1.03 bits per heavy atom. The predicted octanol–water partition coefficient (Wildman–Crippen LogP) is 5.40. The highest BCUT2D eigenvalue weighted by molar-refractivity contribution is 6.31. The van der Waals surface area contributed by atoms with Gasteiger partial charge in [0.15, 0.2) is 5.69 Å². The van der Waals surface area contributed by atoms with E-state index in [2.05, 4.69) is 25.5 Å². The summed E-state index contributed by atoms with van der Waals surface area (Å²) in [4.78, 5) is 15.3. The Morgan fingerprint density at radius 3 is 2.64 bits per heavy atom. The number of phenolic OH excluding ortho intramolecular Hbond substituents is 1. The Hall–Kier alpha value is -4.50. The van der Waals surface area contributed by atoms with Crippen molar-refractivity contribution in [2.24, 2.45) is 10.2 Å². The van der Waals surface area contributed by atoms with Crippen molar-refractivity contribution in [3.63, 3.8) is 0 Å². The third kappa shape index (κ3) is 3.92. The topological polar surface area (TPSA) is 129 Å². The summed E-state index contributed by atoms with van der Waals surface area (Å²) in [6.45, 7) is 0. The Morgan fingerprint density at radius 2 is 1.85 bits per heavy atom. The van der Waals surface area contributed by atoms with E-state index in [0.29, 0.717) is 27.3 Å². The highest BCUT2D eigenvalue weighted by atomic mass is 35.5. The van der Waals surface area contributed by atoms with E-state index in [4.69, 9.17) is 11.6 Å². The van der Waals surface area contributed by atoms with Gasteiger partial charge < -0.3 is 15.2 Å². The molecule has 0 fully saturated rings. The van der Waals surface area contributed by atoms with Gasteiger partial charge in [-0.2, -0.15) is 0 Å². The van der Waals surface area contributed by atoms with Crippen LogP contribution in [0.15, 0.2) is 83.2 Å². The number of rotatable bonds is 4. The second-order valence-corrected chi connectivity index (χ2v) is 7.57. The maximum atomic E-state index is 12.5. The Kier molecular flexibility index (Phi) is 5.08. The average Bonchev–Trinajstić information content (AvgIpc) is 3.42. The summed E-state index contributed by atoms with van der Waals surface area (Å²) >= 11 is 6.00. The molecule has 0 aliphatic heterocycles. The number of halogens is 1. The van der Waals surface area contributed by atoms with Gasteiger partial charge in [0, 0.05) is 22.0 Å². The molecule has 0 aliphatic carbocycles. The van der Waals surface area contributed by atoms with Crippen LogP contribution in [-0.4, -0.2) is 36.1 Å². The van der Waals surface area contributed by atoms with Crippen molar-refractivity contribution in [1.82, 2.24) is 20.0 Å². The summed E-state index contributed by atoms with van der Waals surface area (Å²) in [5.74, 6) is -1.32. The minimum atomic E-state index is -0.779. The van der Waals surface area contributed by atoms with Gasteiger partial charge in [-0.3, -0.25) is 4.79 Å². The molecular formula is C23H15ClN6O3. The Balaban J connectivity index is 1.40. The third-order valence-corrected chi connectivity index (χ3v) is 5.23. The van der Waals surface area contributed by atoms with Crippen LogP contribution in [0, 0.1) is 0 Å². The lowest BCUT2D eigenvalue weighted by atomic mass is 10.1. The van der Waals surface area contributed by atoms with Crippen LogP contribution >= 0.6 is 11.6 Å². The lowest BCUT2D eigenvalue weighted by Crippen LogP contribution is -1.99. The fourth-order valence-corrected chi connectivity index (χ4v) is 3.53. The zero-order valence-corrected chi connectivity index (χ0v) is 17.6. The predicted molar refractivity (Wildman–Crippen MR) is 122 cm³/mol. The van der Waals surface area contributed by atoms with E-state index < -0.39 is 5.91 Å². The number of nitrogens with one attached hydrogen (secondary N) is 1. The molecule has 0 aliphatic rings. The summed E-state index contributed by atoms with van der Waals surface area (Å²) in [6, 6.07) is 18.9. The average molecular weight is 459 g/mol. The fourth-order valence-electron chi connectivity index (χ4n) is 3.36. The molecule has 0 saturated carbocycles. The molecule has 3 aromatic carbocycles. The van der Waals surface area contributed by atoms with Crippen molar-refractivity contribution in [2.45, 2.75) is 0 Å². The van der Waals surface area contributed by atoms with Gasteiger partial charge in [0.2, 0.25) is 5.88 Å². The number of nitrogens with zero attached hydrogens (tertiary/aromatic N) is 5. The molecule has 2 aromatic heterocycles. The quantitative estimate of drug-likeness (QED) is 0.310. The summed E-state index contributed by atoms with van der Waals surface area (Å²) in [5.41, 5.74) is 2.70. The molecule has 1 amide bonds. The molecule has 0 saturated heterocycles. The standard InChI is InChI=1S/C23H15ClN6O3/c24-14-6-9-18-17(10-14)21(23(33)25-18)27-28-22(32)16-8-7-15(11-20(16)31)30-12-19(26-29-30)13-4-2-1-3-5-13/h1-12,25,31,33H. The minimum absolute atomic E-state index is 0.0525. The number of amides is 1. The van der Waals surface area contributed by atoms with Crippen molar-refractivity contribution < 1.29 is 15.0 Å². The van der Waals surface area contributed by atoms with Gasteiger partial charge >= 0.3 is 0 Å². The molecule has 9 nitrogen and oxygen atoms in total. The lowest BCUT2D eigenvalue weighted by molar-refractivity contribution is 0.0992. The number of aromatic amines is 1. The molecule has 2 heterocycles. The van der Waals surface area contributed by atoms with Crippen molar-refractivity contribution in [2.75, 3.05) is 0 Å². The van der Waals surface area contributed by atoms with Crippen LogP contribution in [0.1, 0.15) is 10.4 Å². The van der Waals surface area contributed by atoms with Gasteiger partial charge in [0.1, 0.15) is 11.4 Å². The van der Waals surface area contributed by atoms with Gasteiger partial charge in [-0.05, 0) is 30.3 Å². The second kappa shape index (κ2) is 8.21. The summed E-state index contributed by atoms with van der Waals surface area (Å²) in [6.07, 6.45) is 1.72. The van der Waals surface area contributed by atoms with Crippen molar-refractivity contribution in [3.05, 3.63) is 83.5 Å². The normalized spacial score (nSPS) is 11.4. The molecule has 5 rings (SSSR count). The summed E-state index contributed by atoms with van der Waals surface area (Å²) in [5, 5.41) is 37.2. The number of hydrogen-bond donors (Lipinski definition) is 3. The van der Waals surface area contributed by atoms with Gasteiger partial charge in [0.25, 0.3) is 5.91 Å². The second-order valence-electron chi connectivity index (χ2n) is 7.13. The zero-order chi connectivity index (χ0) is 22.9. The highest BCUT2D eigenvalue weighted by Gasteiger charge is 2.15. The largest absolute Gasteiger partial charge is 0.507 e. The molecule has 0 atom stereocenters. The number of aromatic hydroxyl groups is 2. The van der Waals surface area contributed by atoms with Gasteiger partial charge in [-0.1, -0.05) is 47.1 Å². The van der Waals surface area contributed by atoms with E-state index in [1.54, 1.807) is 30.5 Å².